The van der Waals surface area contributed by atoms with Gasteiger partial charge in [-0.05, 0) is 13.3 Å². The molecular weight excluding hydrogens is 296 g/mol. The number of unbranched alkanes of at least 4 members (excludes halogenated alkanes) is 2. The molecule has 0 bridgehead atoms. The highest BCUT2D eigenvalue weighted by Crippen LogP contribution is 2.19. The quantitative estimate of drug-likeness (QED) is 0.579. The molecule has 6 heteroatoms. The van der Waals surface area contributed by atoms with E-state index in [0.717, 1.165) is 37.2 Å². The van der Waals surface area contributed by atoms with E-state index >= 15 is 0 Å². The van der Waals surface area contributed by atoms with Crippen LogP contribution in [0.25, 0.3) is 11.4 Å². The van der Waals surface area contributed by atoms with Gasteiger partial charge in [0, 0.05) is 12.1 Å². The number of amides is 1. The van der Waals surface area contributed by atoms with Crippen LogP contribution in [0, 0.1) is 6.92 Å². The summed E-state index contributed by atoms with van der Waals surface area (Å²) in [5.74, 6) is 1.10. The van der Waals surface area contributed by atoms with Gasteiger partial charge in [0.05, 0.1) is 5.75 Å². The van der Waals surface area contributed by atoms with E-state index in [4.69, 9.17) is 0 Å². The number of nitrogens with one attached hydrogen (secondary N) is 2. The molecule has 1 aromatic heterocycles. The van der Waals surface area contributed by atoms with Crippen molar-refractivity contribution in [1.82, 2.24) is 20.5 Å². The first-order valence-corrected chi connectivity index (χ1v) is 8.56. The van der Waals surface area contributed by atoms with Crippen molar-refractivity contribution in [3.05, 3.63) is 29.8 Å². The van der Waals surface area contributed by atoms with Gasteiger partial charge < -0.3 is 5.32 Å². The Hall–Kier alpha value is -1.82. The van der Waals surface area contributed by atoms with Crippen LogP contribution in [-0.4, -0.2) is 33.4 Å². The Kier molecular flexibility index (Phi) is 6.45. The van der Waals surface area contributed by atoms with Gasteiger partial charge in [-0.15, -0.1) is 5.10 Å². The van der Waals surface area contributed by atoms with Crippen molar-refractivity contribution in [3.8, 4) is 11.4 Å². The van der Waals surface area contributed by atoms with Crippen LogP contribution in [0.3, 0.4) is 0 Å². The van der Waals surface area contributed by atoms with Crippen molar-refractivity contribution in [3.63, 3.8) is 0 Å². The summed E-state index contributed by atoms with van der Waals surface area (Å²) in [5, 5.41) is 10.6. The van der Waals surface area contributed by atoms with Crippen molar-refractivity contribution in [2.24, 2.45) is 0 Å². The molecule has 1 heterocycles. The van der Waals surface area contributed by atoms with Gasteiger partial charge in [0.25, 0.3) is 0 Å². The van der Waals surface area contributed by atoms with Crippen molar-refractivity contribution in [1.29, 1.82) is 0 Å². The lowest BCUT2D eigenvalue weighted by molar-refractivity contribution is -0.118. The van der Waals surface area contributed by atoms with Crippen LogP contribution in [0.15, 0.2) is 29.4 Å². The zero-order chi connectivity index (χ0) is 15.8. The summed E-state index contributed by atoms with van der Waals surface area (Å²) in [7, 11) is 0. The maximum absolute atomic E-state index is 11.7. The van der Waals surface area contributed by atoms with Crippen LogP contribution in [-0.2, 0) is 4.79 Å². The highest BCUT2D eigenvalue weighted by molar-refractivity contribution is 7.99. The third-order valence-corrected chi connectivity index (χ3v) is 4.07. The molecule has 0 aliphatic rings. The fourth-order valence-corrected chi connectivity index (χ4v) is 2.56. The number of rotatable bonds is 8. The molecule has 0 aliphatic heterocycles. The van der Waals surface area contributed by atoms with Crippen molar-refractivity contribution in [2.75, 3.05) is 12.3 Å². The lowest BCUT2D eigenvalue weighted by Gasteiger charge is -2.02. The molecule has 1 aromatic carbocycles. The molecule has 0 saturated heterocycles. The molecule has 2 aromatic rings. The highest BCUT2D eigenvalue weighted by Gasteiger charge is 2.08. The molecule has 0 atom stereocenters. The number of aromatic amines is 1. The van der Waals surface area contributed by atoms with E-state index in [1.165, 1.54) is 17.3 Å². The number of carbonyl (C=O) groups is 1. The zero-order valence-corrected chi connectivity index (χ0v) is 13.9. The van der Waals surface area contributed by atoms with Gasteiger partial charge >= 0.3 is 0 Å². The fraction of sp³-hybridized carbons (Fsp3) is 0.438. The number of carbonyl (C=O) groups excluding carboxylic acids is 1. The molecule has 1 amide bonds. The number of aryl methyl sites for hydroxylation is 1. The number of hydrogen-bond donors (Lipinski definition) is 2. The molecule has 0 saturated carbocycles. The summed E-state index contributed by atoms with van der Waals surface area (Å²) in [5.41, 5.74) is 2.20. The molecule has 118 valence electrons. The number of thioether (sulfide) groups is 1. The van der Waals surface area contributed by atoms with Gasteiger partial charge in [-0.1, -0.05) is 61.4 Å². The number of hydrogen-bond acceptors (Lipinski definition) is 4. The SMILES string of the molecule is CCCCCNC(=O)CSc1n[nH]c(-c2ccc(C)cc2)n1. The highest BCUT2D eigenvalue weighted by atomic mass is 32.2. The Morgan fingerprint density at radius 1 is 1.27 bits per heavy atom. The average molecular weight is 318 g/mol. The number of benzene rings is 1. The summed E-state index contributed by atoms with van der Waals surface area (Å²) >= 11 is 1.35. The normalized spacial score (nSPS) is 10.6. The summed E-state index contributed by atoms with van der Waals surface area (Å²) in [6.45, 7) is 4.94. The summed E-state index contributed by atoms with van der Waals surface area (Å²) in [6.07, 6.45) is 3.34. The van der Waals surface area contributed by atoms with E-state index < -0.39 is 0 Å². The Morgan fingerprint density at radius 3 is 2.77 bits per heavy atom. The standard InChI is InChI=1S/C16H22N4OS/c1-3-4-5-10-17-14(21)11-22-16-18-15(19-20-16)13-8-6-12(2)7-9-13/h6-9H,3-5,10-11H2,1-2H3,(H,17,21)(H,18,19,20). The summed E-state index contributed by atoms with van der Waals surface area (Å²) in [4.78, 5) is 16.1. The fourth-order valence-electron chi connectivity index (χ4n) is 1.94. The molecule has 0 radical (unpaired) electrons. The van der Waals surface area contributed by atoms with Crippen molar-refractivity contribution < 1.29 is 4.79 Å². The predicted molar refractivity (Wildman–Crippen MR) is 89.8 cm³/mol. The minimum Gasteiger partial charge on any atom is -0.355 e. The van der Waals surface area contributed by atoms with Gasteiger partial charge in [-0.3, -0.25) is 9.89 Å². The van der Waals surface area contributed by atoms with Gasteiger partial charge in [-0.25, -0.2) is 4.98 Å². The number of H-pyrrole nitrogens is 1. The van der Waals surface area contributed by atoms with E-state index in [2.05, 4.69) is 27.4 Å². The van der Waals surface area contributed by atoms with Gasteiger partial charge in [-0.2, -0.15) is 0 Å². The molecule has 0 unspecified atom stereocenters. The smallest absolute Gasteiger partial charge is 0.230 e. The third-order valence-electron chi connectivity index (χ3n) is 3.22. The lowest BCUT2D eigenvalue weighted by atomic mass is 10.1. The minimum atomic E-state index is 0.0304. The van der Waals surface area contributed by atoms with E-state index in [1.807, 2.05) is 31.2 Å². The van der Waals surface area contributed by atoms with Gasteiger partial charge in [0.15, 0.2) is 5.82 Å². The molecule has 0 aliphatic carbocycles. The predicted octanol–water partition coefficient (Wildman–Crippen LogP) is 3.18. The van der Waals surface area contributed by atoms with Gasteiger partial charge in [0.2, 0.25) is 11.1 Å². The second kappa shape index (κ2) is 8.58. The monoisotopic (exact) mass is 318 g/mol. The summed E-state index contributed by atoms with van der Waals surface area (Å²) in [6, 6.07) is 8.08. The van der Waals surface area contributed by atoms with Crippen LogP contribution in [0.1, 0.15) is 31.7 Å². The molecule has 2 rings (SSSR count). The number of nitrogens with zero attached hydrogens (tertiary/aromatic N) is 2. The minimum absolute atomic E-state index is 0.0304. The first kappa shape index (κ1) is 16.5. The first-order valence-electron chi connectivity index (χ1n) is 7.58. The molecule has 2 N–H and O–H groups in total. The Labute approximate surface area is 135 Å². The summed E-state index contributed by atoms with van der Waals surface area (Å²) < 4.78 is 0. The largest absolute Gasteiger partial charge is 0.355 e. The van der Waals surface area contributed by atoms with Crippen molar-refractivity contribution >= 4 is 17.7 Å². The average Bonchev–Trinajstić information content (AvgIpc) is 2.99. The maximum Gasteiger partial charge on any atom is 0.230 e. The van der Waals surface area contributed by atoms with E-state index in [9.17, 15) is 4.79 Å². The van der Waals surface area contributed by atoms with Crippen LogP contribution in [0.4, 0.5) is 0 Å². The third kappa shape index (κ3) is 5.18. The van der Waals surface area contributed by atoms with E-state index in [-0.39, 0.29) is 5.91 Å². The number of aromatic nitrogens is 3. The zero-order valence-electron chi connectivity index (χ0n) is 13.1. The Morgan fingerprint density at radius 2 is 2.05 bits per heavy atom. The van der Waals surface area contributed by atoms with E-state index in [0.29, 0.717) is 10.9 Å². The maximum atomic E-state index is 11.7. The van der Waals surface area contributed by atoms with Crippen LogP contribution >= 0.6 is 11.8 Å². The Balaban J connectivity index is 1.79. The van der Waals surface area contributed by atoms with Crippen LogP contribution in [0.2, 0.25) is 0 Å². The second-order valence-electron chi connectivity index (χ2n) is 5.18. The first-order chi connectivity index (χ1) is 10.7. The molecule has 0 spiro atoms. The molecule has 0 fully saturated rings. The molecular formula is C16H22N4OS. The van der Waals surface area contributed by atoms with Crippen LogP contribution in [0.5, 0.6) is 0 Å². The van der Waals surface area contributed by atoms with Crippen LogP contribution < -0.4 is 5.32 Å². The topological polar surface area (TPSA) is 70.7 Å². The lowest BCUT2D eigenvalue weighted by Crippen LogP contribution is -2.26. The molecule has 5 nitrogen and oxygen atoms in total. The second-order valence-corrected chi connectivity index (χ2v) is 6.12. The van der Waals surface area contributed by atoms with Crippen molar-refractivity contribution in [2.45, 2.75) is 38.3 Å². The van der Waals surface area contributed by atoms with E-state index in [1.54, 1.807) is 0 Å². The molecule has 22 heavy (non-hydrogen) atoms. The van der Waals surface area contributed by atoms with Gasteiger partial charge in [0.1, 0.15) is 0 Å². The Bertz CT molecular complexity index is 594.